The second-order valence-electron chi connectivity index (χ2n) is 11.4. The number of aryl methyl sites for hydroxylation is 2. The van der Waals surface area contributed by atoms with Gasteiger partial charge in [0.2, 0.25) is 0 Å². The van der Waals surface area contributed by atoms with Crippen LogP contribution in [-0.2, 0) is 19.3 Å². The van der Waals surface area contributed by atoms with Crippen LogP contribution < -0.4 is 15.6 Å². The first-order valence-electron chi connectivity index (χ1n) is 14.9. The molecule has 6 rings (SSSR count). The van der Waals surface area contributed by atoms with Gasteiger partial charge in [-0.2, -0.15) is 18.4 Å². The number of hydrogen-bond acceptors (Lipinski definition) is 9. The second kappa shape index (κ2) is 13.2. The topological polar surface area (TPSA) is 133 Å². The third-order valence-electron chi connectivity index (χ3n) is 8.24. The number of piperazine rings is 1. The van der Waals surface area contributed by atoms with Gasteiger partial charge in [-0.05, 0) is 49.7 Å². The number of nitrogens with zero attached hydrogens (tertiary/aromatic N) is 5. The minimum atomic E-state index is -4.75. The molecule has 0 aliphatic carbocycles. The predicted molar refractivity (Wildman–Crippen MR) is 176 cm³/mol. The van der Waals surface area contributed by atoms with Crippen LogP contribution >= 0.6 is 22.9 Å². The molecule has 2 aromatic carbocycles. The third-order valence-corrected chi connectivity index (χ3v) is 9.48. The molecule has 3 aromatic heterocycles. The monoisotopic (exact) mass is 696 g/mol. The number of hydrogen-bond donors (Lipinski definition) is 2. The van der Waals surface area contributed by atoms with E-state index >= 15 is 0 Å². The van der Waals surface area contributed by atoms with Gasteiger partial charge in [0.15, 0.2) is 0 Å². The number of carboxylic acids is 1. The molecule has 0 spiro atoms. The lowest BCUT2D eigenvalue weighted by atomic mass is 9.96. The Morgan fingerprint density at radius 2 is 1.92 bits per heavy atom. The van der Waals surface area contributed by atoms with Crippen LogP contribution in [0.4, 0.5) is 13.2 Å². The smallest absolute Gasteiger partial charge is 0.416 e. The number of pyridine rings is 1. The molecule has 1 aliphatic rings. The fourth-order valence-electron chi connectivity index (χ4n) is 6.00. The van der Waals surface area contributed by atoms with Gasteiger partial charge in [0.1, 0.15) is 24.3 Å². The Labute approximate surface area is 281 Å². The maximum absolute atomic E-state index is 14.3. The summed E-state index contributed by atoms with van der Waals surface area (Å²) in [6.45, 7) is 5.25. The first-order valence-corrected chi connectivity index (χ1v) is 16.2. The zero-order valence-corrected chi connectivity index (χ0v) is 27.3. The number of thiophene rings is 1. The summed E-state index contributed by atoms with van der Waals surface area (Å²) in [5, 5.41) is 24.7. The molecule has 0 radical (unpaired) electrons. The molecule has 0 saturated carbocycles. The van der Waals surface area contributed by atoms with E-state index in [1.807, 2.05) is 17.0 Å². The van der Waals surface area contributed by atoms with Crippen molar-refractivity contribution in [3.8, 4) is 22.9 Å². The Morgan fingerprint density at radius 1 is 1.17 bits per heavy atom. The van der Waals surface area contributed by atoms with Gasteiger partial charge in [0, 0.05) is 59.9 Å². The van der Waals surface area contributed by atoms with Crippen molar-refractivity contribution >= 4 is 50.0 Å². The summed E-state index contributed by atoms with van der Waals surface area (Å²) in [4.78, 5) is 36.3. The van der Waals surface area contributed by atoms with Gasteiger partial charge in [-0.15, -0.1) is 11.3 Å². The molecule has 1 fully saturated rings. The highest BCUT2D eigenvalue weighted by atomic mass is 35.5. The number of aromatic nitrogens is 3. The zero-order valence-electron chi connectivity index (χ0n) is 25.7. The van der Waals surface area contributed by atoms with Crippen LogP contribution in [0, 0.1) is 25.2 Å². The number of carbonyl (C=O) groups is 1. The maximum Gasteiger partial charge on any atom is 0.416 e. The van der Waals surface area contributed by atoms with E-state index in [-0.39, 0.29) is 53.1 Å². The molecule has 248 valence electrons. The van der Waals surface area contributed by atoms with E-state index in [0.717, 1.165) is 6.07 Å². The van der Waals surface area contributed by atoms with E-state index in [1.165, 1.54) is 28.2 Å². The molecular weight excluding hydrogens is 669 g/mol. The van der Waals surface area contributed by atoms with Crippen LogP contribution in [0.1, 0.15) is 38.6 Å². The number of alkyl halides is 3. The van der Waals surface area contributed by atoms with Crippen molar-refractivity contribution in [2.75, 3.05) is 32.8 Å². The highest BCUT2D eigenvalue weighted by Gasteiger charge is 2.37. The van der Waals surface area contributed by atoms with Gasteiger partial charge >= 0.3 is 12.1 Å². The number of nitrogens with one attached hydrogen (secondary N) is 1. The van der Waals surface area contributed by atoms with E-state index in [4.69, 9.17) is 16.3 Å². The highest BCUT2D eigenvalue weighted by molar-refractivity contribution is 7.18. The molecule has 1 saturated heterocycles. The normalized spacial score (nSPS) is 14.0. The standard InChI is InChI=1S/C33H28ClF3N6O4S/c1-17-11-21(30-29(40-17)24(16-48-30)32(45)46)20-12-19(34)3-4-27(20)47-10-9-43-18(2)41-26-13-25(33(35,36)37)23(15-42-7-5-39-6-8-42)22(14-38)28(26)31(43)44/h3-4,11-13,16,39H,5-10,15H2,1-2H3,(H,45,46). The van der Waals surface area contributed by atoms with Crippen LogP contribution in [0.3, 0.4) is 0 Å². The number of benzene rings is 2. The lowest BCUT2D eigenvalue weighted by Crippen LogP contribution is -2.43. The van der Waals surface area contributed by atoms with E-state index in [0.29, 0.717) is 64.0 Å². The molecule has 1 aliphatic heterocycles. The highest BCUT2D eigenvalue weighted by Crippen LogP contribution is 2.41. The first kappa shape index (κ1) is 33.4. The number of rotatable bonds is 8. The number of carboxylic acid groups (broad SMARTS) is 1. The Morgan fingerprint density at radius 3 is 2.60 bits per heavy atom. The Balaban J connectivity index is 1.37. The molecule has 5 aromatic rings. The van der Waals surface area contributed by atoms with Crippen molar-refractivity contribution in [2.24, 2.45) is 0 Å². The van der Waals surface area contributed by atoms with Crippen molar-refractivity contribution < 1.29 is 27.8 Å². The summed E-state index contributed by atoms with van der Waals surface area (Å²) in [6.07, 6.45) is -4.75. The number of fused-ring (bicyclic) bond motifs is 2. The lowest BCUT2D eigenvalue weighted by molar-refractivity contribution is -0.138. The van der Waals surface area contributed by atoms with Crippen LogP contribution in [0.5, 0.6) is 5.75 Å². The molecule has 0 unspecified atom stereocenters. The van der Waals surface area contributed by atoms with Crippen molar-refractivity contribution in [1.82, 2.24) is 24.8 Å². The van der Waals surface area contributed by atoms with Gasteiger partial charge in [-0.1, -0.05) is 11.6 Å². The molecular formula is C33H28ClF3N6O4S. The Bertz CT molecular complexity index is 2190. The van der Waals surface area contributed by atoms with Gasteiger partial charge in [0.25, 0.3) is 5.56 Å². The van der Waals surface area contributed by atoms with E-state index < -0.39 is 23.3 Å². The molecule has 0 amide bonds. The minimum absolute atomic E-state index is 0.0262. The van der Waals surface area contributed by atoms with E-state index in [1.54, 1.807) is 25.1 Å². The van der Waals surface area contributed by atoms with Crippen molar-refractivity contribution in [3.05, 3.63) is 84.9 Å². The number of nitriles is 1. The molecule has 48 heavy (non-hydrogen) atoms. The van der Waals surface area contributed by atoms with Crippen LogP contribution in [0.25, 0.3) is 32.2 Å². The molecule has 0 atom stereocenters. The largest absolute Gasteiger partial charge is 0.491 e. The summed E-state index contributed by atoms with van der Waals surface area (Å²) in [5.41, 5.74) is -0.123. The quantitative estimate of drug-likeness (QED) is 0.200. The predicted octanol–water partition coefficient (Wildman–Crippen LogP) is 6.02. The van der Waals surface area contributed by atoms with Crippen molar-refractivity contribution in [3.63, 3.8) is 0 Å². The minimum Gasteiger partial charge on any atom is -0.491 e. The van der Waals surface area contributed by atoms with Gasteiger partial charge < -0.3 is 15.2 Å². The van der Waals surface area contributed by atoms with Gasteiger partial charge in [-0.25, -0.2) is 9.78 Å². The summed E-state index contributed by atoms with van der Waals surface area (Å²) in [7, 11) is 0. The van der Waals surface area contributed by atoms with E-state index in [2.05, 4.69) is 15.3 Å². The average molecular weight is 697 g/mol. The number of aromatic carboxylic acids is 1. The average Bonchev–Trinajstić information content (AvgIpc) is 3.47. The SMILES string of the molecule is Cc1cc(-c2cc(Cl)ccc2OCCn2c(C)nc3cc(C(F)(F)F)c(CN4CCNCC4)c(C#N)c3c2=O)c2scc(C(=O)O)c2n1. The maximum atomic E-state index is 14.3. The molecule has 2 N–H and O–H groups in total. The lowest BCUT2D eigenvalue weighted by Gasteiger charge is -2.29. The summed E-state index contributed by atoms with van der Waals surface area (Å²) in [6, 6.07) is 9.54. The first-order chi connectivity index (χ1) is 22.9. The summed E-state index contributed by atoms with van der Waals surface area (Å²) >= 11 is 7.60. The van der Waals surface area contributed by atoms with Crippen LogP contribution in [-0.4, -0.2) is 63.3 Å². The Hall–Kier alpha value is -4.55. The van der Waals surface area contributed by atoms with Gasteiger partial charge in [-0.3, -0.25) is 19.2 Å². The van der Waals surface area contributed by atoms with Crippen LogP contribution in [0.2, 0.25) is 5.02 Å². The second-order valence-corrected chi connectivity index (χ2v) is 12.7. The zero-order chi connectivity index (χ0) is 34.3. The summed E-state index contributed by atoms with van der Waals surface area (Å²) in [5.74, 6) is -0.532. The third kappa shape index (κ3) is 6.34. The fourth-order valence-corrected chi connectivity index (χ4v) is 7.19. The fraction of sp³-hybridized carbons (Fsp3) is 0.303. The van der Waals surface area contributed by atoms with Gasteiger partial charge in [0.05, 0.1) is 44.4 Å². The molecule has 4 heterocycles. The summed E-state index contributed by atoms with van der Waals surface area (Å²) < 4.78 is 50.9. The van der Waals surface area contributed by atoms with E-state index in [9.17, 15) is 33.1 Å². The Kier molecular flexibility index (Phi) is 9.14. The molecule has 10 nitrogen and oxygen atoms in total. The van der Waals surface area contributed by atoms with Crippen molar-refractivity contribution in [1.29, 1.82) is 5.26 Å². The molecule has 0 bridgehead atoms. The number of halogens is 4. The number of ether oxygens (including phenoxy) is 1. The van der Waals surface area contributed by atoms with Crippen LogP contribution in [0.15, 0.2) is 40.5 Å². The molecule has 15 heteroatoms. The van der Waals surface area contributed by atoms with Crippen molar-refractivity contribution in [2.45, 2.75) is 33.1 Å².